The van der Waals surface area contributed by atoms with E-state index in [1.165, 1.54) is 0 Å². The van der Waals surface area contributed by atoms with Crippen LogP contribution in [0.1, 0.15) is 81.6 Å². The number of hydrogen-bond acceptors (Lipinski definition) is 16. The zero-order valence-corrected chi connectivity index (χ0v) is 37.7. The van der Waals surface area contributed by atoms with E-state index in [0.717, 1.165) is 51.3 Å². The summed E-state index contributed by atoms with van der Waals surface area (Å²) >= 11 is 0. The van der Waals surface area contributed by atoms with E-state index in [-0.39, 0.29) is 62.3 Å². The van der Waals surface area contributed by atoms with Crippen molar-refractivity contribution in [1.82, 2.24) is 19.9 Å². The van der Waals surface area contributed by atoms with Gasteiger partial charge in [-0.05, 0) is 88.5 Å². The van der Waals surface area contributed by atoms with Crippen LogP contribution in [0.25, 0.3) is 0 Å². The third-order valence-electron chi connectivity index (χ3n) is 9.05. The summed E-state index contributed by atoms with van der Waals surface area (Å²) in [6.45, 7) is 15.3. The van der Waals surface area contributed by atoms with Crippen molar-refractivity contribution >= 4 is 52.8 Å². The molecule has 0 spiro atoms. The summed E-state index contributed by atoms with van der Waals surface area (Å²) in [6.07, 6.45) is 10.6. The average Bonchev–Trinajstić information content (AvgIpc) is 3.35. The molecule has 0 atom stereocenters. The standard InChI is InChI=1S/C22H27N5O5.C20H24N6O4.C4H6.2H2/c1-4-7-8-13-32-21-24-19(23)18(27(29)30)20(25-21)26(22(28)31-6-3)15-17-12-9-11-16(14-17)10-5-2;1-2-30-20(27)25-13-15-10-7-9-14(12-15)8-5-3-4-6-11-22-19-23-17(21)16(26(28)29)18(25)24-19;1-3-4-2;;/h4-5,9,11-12,14H,1-2,6-8,10,13,15H2,3H3,(H2,23,24,25);3,5,7,9-10,12H,2,4,6,8,11,13H2,1H3,(H3,21,22,23,24);1-2H3;2*1H/b;5-3+;;;/i;;;2*1+1D. The smallest absolute Gasteiger partial charge is 0.415 e. The number of hydrogen-bond donors (Lipinski definition) is 3. The van der Waals surface area contributed by atoms with Gasteiger partial charge in [-0.2, -0.15) is 19.9 Å². The number of carbonyl (C=O) groups is 2. The Kier molecular flexibility index (Phi) is 20.7. The van der Waals surface area contributed by atoms with Gasteiger partial charge in [0.15, 0.2) is 0 Å². The van der Waals surface area contributed by atoms with E-state index in [1.54, 1.807) is 32.1 Å². The van der Waals surface area contributed by atoms with Crippen LogP contribution in [0.4, 0.5) is 50.2 Å². The van der Waals surface area contributed by atoms with Gasteiger partial charge in [0.2, 0.25) is 29.2 Å². The predicted molar refractivity (Wildman–Crippen MR) is 258 cm³/mol. The zero-order chi connectivity index (χ0) is 52.4. The average molecular weight is 916 g/mol. The van der Waals surface area contributed by atoms with Crippen molar-refractivity contribution in [3.05, 3.63) is 128 Å². The number of nitrogens with zero attached hydrogens (tertiary/aromatic N) is 8. The zero-order valence-electron chi connectivity index (χ0n) is 41.7. The molecule has 2 amide bonds. The minimum Gasteiger partial charge on any atom is -0.463 e. The lowest BCUT2D eigenvalue weighted by Gasteiger charge is -2.22. The Morgan fingerprint density at radius 3 is 2.27 bits per heavy atom. The second-order valence-corrected chi connectivity index (χ2v) is 13.9. The number of nitro groups is 2. The Morgan fingerprint density at radius 1 is 0.924 bits per heavy atom. The van der Waals surface area contributed by atoms with Gasteiger partial charge >= 0.3 is 29.6 Å². The maximum absolute atomic E-state index is 12.8. The Bertz CT molecular complexity index is 2420. The van der Waals surface area contributed by atoms with Gasteiger partial charge < -0.3 is 31.0 Å². The molecule has 0 aliphatic carbocycles. The second-order valence-electron chi connectivity index (χ2n) is 13.9. The molecule has 5 rings (SSSR count). The maximum Gasteiger partial charge on any atom is 0.415 e. The van der Waals surface area contributed by atoms with Crippen molar-refractivity contribution in [2.24, 2.45) is 0 Å². The second kappa shape index (κ2) is 27.9. The lowest BCUT2D eigenvalue weighted by Crippen LogP contribution is -2.33. The van der Waals surface area contributed by atoms with Gasteiger partial charge in [0.05, 0.1) is 42.8 Å². The highest BCUT2D eigenvalue weighted by molar-refractivity contribution is 5.92. The van der Waals surface area contributed by atoms with E-state index in [9.17, 15) is 29.8 Å². The number of nitrogens with one attached hydrogen (secondary N) is 1. The van der Waals surface area contributed by atoms with Crippen LogP contribution < -0.4 is 31.3 Å². The van der Waals surface area contributed by atoms with Crippen molar-refractivity contribution in [3.8, 4) is 17.9 Å². The molecule has 0 radical (unpaired) electrons. The highest BCUT2D eigenvalue weighted by atomic mass is 16.6. The van der Waals surface area contributed by atoms with Crippen molar-refractivity contribution in [2.45, 2.75) is 79.3 Å². The molecule has 0 unspecified atom stereocenters. The Morgan fingerprint density at radius 2 is 1.61 bits per heavy atom. The van der Waals surface area contributed by atoms with E-state index in [0.29, 0.717) is 25.8 Å². The largest absolute Gasteiger partial charge is 0.463 e. The lowest BCUT2D eigenvalue weighted by atomic mass is 10.1. The summed E-state index contributed by atoms with van der Waals surface area (Å²) in [5.74, 6) is 4.25. The molecule has 4 bridgehead atoms. The van der Waals surface area contributed by atoms with E-state index >= 15 is 0 Å². The van der Waals surface area contributed by atoms with Crippen LogP contribution >= 0.6 is 0 Å². The topological polar surface area (TPSA) is 270 Å². The third-order valence-corrected chi connectivity index (χ3v) is 9.05. The van der Waals surface area contributed by atoms with Gasteiger partial charge in [0, 0.05) is 12.5 Å². The van der Waals surface area contributed by atoms with Gasteiger partial charge in [-0.25, -0.2) is 9.59 Å². The first kappa shape index (κ1) is 48.9. The third kappa shape index (κ3) is 16.2. The summed E-state index contributed by atoms with van der Waals surface area (Å²) < 4.78 is 35.8. The summed E-state index contributed by atoms with van der Waals surface area (Å²) in [6, 6.07) is 14.9. The van der Waals surface area contributed by atoms with Crippen LogP contribution in [0.2, 0.25) is 0 Å². The molecule has 0 saturated carbocycles. The van der Waals surface area contributed by atoms with E-state index < -0.39 is 39.2 Å². The highest BCUT2D eigenvalue weighted by Gasteiger charge is 2.34. The number of nitrogens with two attached hydrogens (primary N) is 2. The van der Waals surface area contributed by atoms with Crippen LogP contribution in [0.5, 0.6) is 6.01 Å². The molecule has 20 nitrogen and oxygen atoms in total. The van der Waals surface area contributed by atoms with Crippen LogP contribution in [0, 0.1) is 32.1 Å². The van der Waals surface area contributed by atoms with Gasteiger partial charge in [-0.15, -0.1) is 25.0 Å². The number of nitrogen functional groups attached to an aromatic ring is 2. The molecule has 0 fully saturated rings. The van der Waals surface area contributed by atoms with Gasteiger partial charge in [-0.3, -0.25) is 30.0 Å². The van der Waals surface area contributed by atoms with E-state index in [4.69, 9.17) is 31.6 Å². The molecule has 3 heterocycles. The Labute approximate surface area is 390 Å². The first-order valence-electron chi connectivity index (χ1n) is 23.1. The number of allylic oxidation sites excluding steroid dienone is 4. The SMILES string of the molecule is C=CCCCOc1nc(N)c([N+](=O)[O-])c(N(Cc2cccc(CC=C)c2)C(=O)OCC)n1.CC#CC.CCOC(=O)N1Cc2cccc(c2)C/C=C/CCCNc2nc(N)c([N+](=O)[O-])c1n2.[2H][2H].[2H][2H]. The quantitative estimate of drug-likeness (QED) is 0.0350. The number of rotatable bonds is 14. The van der Waals surface area contributed by atoms with Crippen LogP contribution in [0.15, 0.2) is 86.0 Å². The molecule has 2 aromatic heterocycles. The van der Waals surface area contributed by atoms with Crippen molar-refractivity contribution < 1.29 is 39.6 Å². The summed E-state index contributed by atoms with van der Waals surface area (Å²) in [4.78, 5) is 66.0. The fourth-order valence-electron chi connectivity index (χ4n) is 6.01. The van der Waals surface area contributed by atoms with Gasteiger partial charge in [0.25, 0.3) is 0 Å². The van der Waals surface area contributed by atoms with Crippen LogP contribution in [-0.4, -0.2) is 68.3 Å². The van der Waals surface area contributed by atoms with Crippen LogP contribution in [0.3, 0.4) is 0 Å². The summed E-state index contributed by atoms with van der Waals surface area (Å²) in [7, 11) is 0. The molecule has 66 heavy (non-hydrogen) atoms. The molecule has 5 N–H and O–H groups in total. The normalized spacial score (nSPS) is 12.4. The fourth-order valence-corrected chi connectivity index (χ4v) is 6.01. The van der Waals surface area contributed by atoms with Gasteiger partial charge in [0.1, 0.15) is 0 Å². The molecule has 354 valence electrons. The number of unbranched alkanes of at least 4 members (excludes halogenated alkanes) is 1. The maximum atomic E-state index is 12.8. The molecular weight excluding hydrogens is 851 g/mol. The summed E-state index contributed by atoms with van der Waals surface area (Å²) in [5, 5.41) is 26.5. The molecular formula is C46H61N11O9. The van der Waals surface area contributed by atoms with E-state index in [2.05, 4.69) is 62.4 Å². The van der Waals surface area contributed by atoms with Crippen LogP contribution in [-0.2, 0) is 35.4 Å². The lowest BCUT2D eigenvalue weighted by molar-refractivity contribution is -0.383. The first-order valence-corrected chi connectivity index (χ1v) is 21.1. The first-order chi connectivity index (χ1) is 33.8. The fraction of sp³-hybridized carbons (Fsp3) is 0.348. The Hall–Kier alpha value is -8.08. The predicted octanol–water partition coefficient (Wildman–Crippen LogP) is 9.16. The minimum atomic E-state index is -0.805. The van der Waals surface area contributed by atoms with Crippen molar-refractivity contribution in [3.63, 3.8) is 0 Å². The molecule has 0 saturated heterocycles. The number of amides is 2. The minimum absolute atomic E-state index is 0.0307. The van der Waals surface area contributed by atoms with Crippen molar-refractivity contribution in [1.29, 1.82) is 0 Å². The Balaban J connectivity index is 0.000000610. The number of benzene rings is 2. The molecule has 1 aliphatic heterocycles. The number of carbonyl (C=O) groups excluding carboxylic acids is 2. The number of aromatic nitrogens is 4. The summed E-state index contributed by atoms with van der Waals surface area (Å²) in [5.41, 5.74) is 14.1. The molecule has 2 aromatic carbocycles. The monoisotopic (exact) mass is 915 g/mol. The molecule has 20 heteroatoms. The van der Waals surface area contributed by atoms with Crippen molar-refractivity contribution in [2.75, 3.05) is 52.9 Å². The number of fused-ring (bicyclic) bond motifs is 4. The molecule has 4 aromatic rings. The molecule has 1 aliphatic rings. The highest BCUT2D eigenvalue weighted by Crippen LogP contribution is 2.35. The van der Waals surface area contributed by atoms with Gasteiger partial charge in [-0.1, -0.05) is 72.8 Å². The number of ether oxygens (including phenoxy) is 3. The van der Waals surface area contributed by atoms with E-state index in [1.807, 2.05) is 56.3 Å². The number of anilines is 5.